The third-order valence-corrected chi connectivity index (χ3v) is 25.8. The largest absolute Gasteiger partial charge is 0.486 e. The van der Waals surface area contributed by atoms with Gasteiger partial charge in [-0.2, -0.15) is 0 Å². The van der Waals surface area contributed by atoms with Crippen LogP contribution in [0, 0.1) is 49.2 Å². The smallest absolute Gasteiger partial charge is 0.216 e. The third kappa shape index (κ3) is 23.0. The fourth-order valence-electron chi connectivity index (χ4n) is 13.8. The molecule has 0 aliphatic carbocycles. The number of aromatic nitrogens is 9. The van der Waals surface area contributed by atoms with Gasteiger partial charge in [0.2, 0.25) is 17.1 Å². The zero-order valence-electron chi connectivity index (χ0n) is 70.1. The average molecular weight is 2150 g/mol. The minimum absolute atomic E-state index is 0. The molecule has 0 saturated heterocycles. The molecular formula is C101H97Ir3N9O3Si3-6. The molecular weight excluding hydrogens is 2050 g/mol. The molecule has 3 radical (unpaired) electrons. The van der Waals surface area contributed by atoms with Gasteiger partial charge in [-0.15, -0.1) is 179 Å². The van der Waals surface area contributed by atoms with E-state index in [4.69, 9.17) is 28.2 Å². The molecule has 0 amide bonds. The van der Waals surface area contributed by atoms with Crippen LogP contribution in [0.2, 0.25) is 58.9 Å². The maximum absolute atomic E-state index is 5.89. The SMILES string of the molecule is CC(C)Cc1cc(-c2[c-]cc3oc4ncccc4c3c2)ncc1[Si](C)(C)C.CC(C)c1cc(-c2[c-]cc3oc4ncccc4c3c2)ncc1[Si](C)(C)C.Cc1ccc2c(n1)oc1c[c-]c(-c3cc(C(C)C)c([Si](C)(C)C)cn3)cc12.[Ir].[Ir].[Ir].[c-]1ccccc1-c1ccccn1.[c-]1ccccc1-c1ccccn1.[c-]1ccccc1-c1ccccn1. The van der Waals surface area contributed by atoms with Crippen LogP contribution in [-0.2, 0) is 66.7 Å². The molecule has 0 spiro atoms. The zero-order chi connectivity index (χ0) is 81.7. The minimum Gasteiger partial charge on any atom is -0.486 e. The molecule has 609 valence electrons. The Morgan fingerprint density at radius 2 is 0.655 bits per heavy atom. The number of nitrogens with zero attached hydrogens (tertiary/aromatic N) is 9. The van der Waals surface area contributed by atoms with E-state index >= 15 is 0 Å². The molecule has 0 N–H and O–H groups in total. The van der Waals surface area contributed by atoms with E-state index in [1.54, 1.807) is 31.0 Å². The standard InChI is InChI=1S/2C23H25N2OSi.C22H23N2OSi.3C11H8N.3Ir/c1-14(2)18-12-20(24-13-22(18)27(4,5)6)16-8-10-21-19(11-16)17-9-7-15(3)25-23(17)26-21;1-15(2)11-17-13-20(25-14-22(17)27(3,4)5)16-8-9-21-19(12-16)18-7-6-10-24-23(18)26-21;1-14(2)17-12-19(24-13-21(17)26(3,4)5)15-8-9-20-18(11-15)16-7-6-10-23-22(16)25-20;3*1-2-6-10(7-3-1)11-8-4-5-9-12-11;;;/h7,9-14H,1-6H3;6-7,9-10,12-15H,11H2,1-5H3;6-7,9-14H,1-5H3;3*1-6,8-9H;;;/q6*-1;;;. The van der Waals surface area contributed by atoms with Crippen LogP contribution in [-0.4, -0.2) is 69.1 Å². The summed E-state index contributed by atoms with van der Waals surface area (Å²) in [5.74, 6) is 1.56. The fourth-order valence-corrected chi connectivity index (χ4v) is 18.8. The van der Waals surface area contributed by atoms with Crippen LogP contribution < -0.4 is 15.6 Å². The van der Waals surface area contributed by atoms with Gasteiger partial charge in [-0.25, -0.2) is 15.0 Å². The Bertz CT molecular complexity index is 6030. The first-order valence-corrected chi connectivity index (χ1v) is 50.1. The quantitative estimate of drug-likeness (QED) is 0.0797. The average Bonchev–Trinajstić information content (AvgIpc) is 1.67. The van der Waals surface area contributed by atoms with E-state index in [-0.39, 0.29) is 60.3 Å². The summed E-state index contributed by atoms with van der Waals surface area (Å²) in [6, 6.07) is 91.4. The van der Waals surface area contributed by atoms with Gasteiger partial charge in [0.15, 0.2) is 0 Å². The Morgan fingerprint density at radius 1 is 0.311 bits per heavy atom. The predicted octanol–water partition coefficient (Wildman–Crippen LogP) is 24.6. The van der Waals surface area contributed by atoms with Crippen LogP contribution in [0.25, 0.3) is 134 Å². The molecule has 0 bridgehead atoms. The van der Waals surface area contributed by atoms with E-state index in [1.165, 1.54) is 32.3 Å². The number of rotatable bonds is 13. The number of hydrogen-bond acceptors (Lipinski definition) is 12. The summed E-state index contributed by atoms with van der Waals surface area (Å²) in [4.78, 5) is 40.2. The summed E-state index contributed by atoms with van der Waals surface area (Å²) in [5, 5.41) is 10.6. The second-order valence-electron chi connectivity index (χ2n) is 32.9. The van der Waals surface area contributed by atoms with Crippen LogP contribution in [0.1, 0.15) is 75.8 Å². The number of benzene rings is 6. The van der Waals surface area contributed by atoms with Crippen molar-refractivity contribution in [2.75, 3.05) is 0 Å². The van der Waals surface area contributed by atoms with Crippen LogP contribution in [0.5, 0.6) is 0 Å². The van der Waals surface area contributed by atoms with Gasteiger partial charge in [0.05, 0.1) is 41.0 Å². The van der Waals surface area contributed by atoms with Crippen molar-refractivity contribution in [2.24, 2.45) is 5.92 Å². The van der Waals surface area contributed by atoms with Crippen molar-refractivity contribution in [3.05, 3.63) is 327 Å². The van der Waals surface area contributed by atoms with Gasteiger partial charge in [0.1, 0.15) is 0 Å². The molecule has 12 aromatic heterocycles. The van der Waals surface area contributed by atoms with E-state index < -0.39 is 24.2 Å². The molecule has 0 aliphatic rings. The second-order valence-corrected chi connectivity index (χ2v) is 48.0. The summed E-state index contributed by atoms with van der Waals surface area (Å²) >= 11 is 0. The number of fused-ring (bicyclic) bond motifs is 9. The van der Waals surface area contributed by atoms with E-state index in [9.17, 15) is 0 Å². The van der Waals surface area contributed by atoms with Crippen LogP contribution in [0.15, 0.2) is 281 Å². The Balaban J connectivity index is 0.000000155. The van der Waals surface area contributed by atoms with Crippen LogP contribution in [0.3, 0.4) is 0 Å². The minimum atomic E-state index is -1.44. The van der Waals surface area contributed by atoms with Gasteiger partial charge >= 0.3 is 0 Å². The molecule has 18 rings (SSSR count). The first kappa shape index (κ1) is 91.0. The number of hydrogen-bond donors (Lipinski definition) is 0. The van der Waals surface area contributed by atoms with Gasteiger partial charge in [-0.3, -0.25) is 0 Å². The third-order valence-electron chi connectivity index (χ3n) is 19.7. The van der Waals surface area contributed by atoms with Gasteiger partial charge in [0, 0.05) is 132 Å². The fraction of sp³-hybridized carbons (Fsp3) is 0.198. The Kier molecular flexibility index (Phi) is 31.4. The monoisotopic (exact) mass is 2150 g/mol. The van der Waals surface area contributed by atoms with Crippen molar-refractivity contribution in [3.63, 3.8) is 0 Å². The second kappa shape index (κ2) is 41.1. The molecule has 0 fully saturated rings. The summed E-state index contributed by atoms with van der Waals surface area (Å²) in [6.45, 7) is 36.9. The van der Waals surface area contributed by atoms with Crippen molar-refractivity contribution in [1.29, 1.82) is 0 Å². The van der Waals surface area contributed by atoms with Crippen molar-refractivity contribution in [2.45, 2.75) is 126 Å². The molecule has 119 heavy (non-hydrogen) atoms. The Labute approximate surface area is 743 Å². The van der Waals surface area contributed by atoms with E-state index in [0.717, 1.165) is 129 Å². The molecule has 0 saturated carbocycles. The topological polar surface area (TPSA) is 155 Å². The molecule has 18 heteroatoms. The number of aryl methyl sites for hydroxylation is 1. The summed E-state index contributed by atoms with van der Waals surface area (Å²) in [7, 11) is -4.30. The molecule has 0 unspecified atom stereocenters. The summed E-state index contributed by atoms with van der Waals surface area (Å²) in [6.07, 6.45) is 16.2. The van der Waals surface area contributed by atoms with Crippen molar-refractivity contribution < 1.29 is 73.6 Å². The van der Waals surface area contributed by atoms with Crippen LogP contribution >= 0.6 is 0 Å². The zero-order valence-corrected chi connectivity index (χ0v) is 80.3. The Hall–Kier alpha value is -10.3. The van der Waals surface area contributed by atoms with Crippen molar-refractivity contribution in [3.8, 4) is 67.5 Å². The van der Waals surface area contributed by atoms with Gasteiger partial charge in [-0.05, 0) is 135 Å². The maximum atomic E-state index is 5.89. The predicted molar refractivity (Wildman–Crippen MR) is 487 cm³/mol. The number of pyridine rings is 9. The maximum Gasteiger partial charge on any atom is 0.216 e. The van der Waals surface area contributed by atoms with E-state index in [2.05, 4.69) is 228 Å². The van der Waals surface area contributed by atoms with E-state index in [1.807, 2.05) is 183 Å². The van der Waals surface area contributed by atoms with Gasteiger partial charge in [0.25, 0.3) is 0 Å². The molecule has 0 aliphatic heterocycles. The van der Waals surface area contributed by atoms with Gasteiger partial charge < -0.3 is 43.2 Å². The first-order chi connectivity index (χ1) is 55.8. The van der Waals surface area contributed by atoms with Crippen molar-refractivity contribution >= 4 is 106 Å². The number of furan rings is 3. The van der Waals surface area contributed by atoms with Crippen molar-refractivity contribution in [1.82, 2.24) is 44.9 Å². The Morgan fingerprint density at radius 3 is 0.992 bits per heavy atom. The summed E-state index contributed by atoms with van der Waals surface area (Å²) in [5.41, 5.74) is 21.6. The molecule has 18 aromatic rings. The molecule has 12 nitrogen and oxygen atoms in total. The first-order valence-electron chi connectivity index (χ1n) is 39.6. The van der Waals surface area contributed by atoms with Crippen LogP contribution in [0.4, 0.5) is 0 Å². The normalized spacial score (nSPS) is 11.3. The molecule has 12 heterocycles. The van der Waals surface area contributed by atoms with E-state index in [0.29, 0.717) is 34.9 Å². The molecule has 6 aromatic carbocycles. The molecule has 0 atom stereocenters. The van der Waals surface area contributed by atoms with Gasteiger partial charge in [-0.1, -0.05) is 188 Å². The summed E-state index contributed by atoms with van der Waals surface area (Å²) < 4.78 is 17.5.